The summed E-state index contributed by atoms with van der Waals surface area (Å²) in [5.74, 6) is -1.36. The zero-order valence-corrected chi connectivity index (χ0v) is 12.1. The Morgan fingerprint density at radius 1 is 1.00 bits per heavy atom. The topological polar surface area (TPSA) is 82.1 Å². The molecule has 118 valence electrons. The Kier molecular flexibility index (Phi) is 3.88. The first-order chi connectivity index (χ1) is 10.5. The predicted molar refractivity (Wildman–Crippen MR) is 75.1 cm³/mol. The molecule has 0 saturated heterocycles. The van der Waals surface area contributed by atoms with E-state index in [-0.39, 0.29) is 31.0 Å². The summed E-state index contributed by atoms with van der Waals surface area (Å²) < 4.78 is 16.1. The van der Waals surface area contributed by atoms with E-state index in [0.29, 0.717) is 19.3 Å². The van der Waals surface area contributed by atoms with Gasteiger partial charge in [-0.25, -0.2) is 9.59 Å². The highest BCUT2D eigenvalue weighted by Crippen LogP contribution is 2.64. The molecular weight excluding hydrogens is 288 g/mol. The van der Waals surface area contributed by atoms with Crippen molar-refractivity contribution in [3.05, 3.63) is 35.9 Å². The fourth-order valence-corrected chi connectivity index (χ4v) is 3.12. The Morgan fingerprint density at radius 2 is 1.59 bits per heavy atom. The molecule has 6 nitrogen and oxygen atoms in total. The fourth-order valence-electron chi connectivity index (χ4n) is 3.12. The molecule has 0 atom stereocenters. The Morgan fingerprint density at radius 3 is 2.18 bits per heavy atom. The molecule has 4 rings (SSSR count). The van der Waals surface area contributed by atoms with Crippen molar-refractivity contribution in [2.45, 2.75) is 37.1 Å². The lowest BCUT2D eigenvalue weighted by Crippen LogP contribution is -2.74. The average Bonchev–Trinajstić information content (AvgIpc) is 2.42. The van der Waals surface area contributed by atoms with Crippen molar-refractivity contribution < 1.29 is 28.9 Å². The van der Waals surface area contributed by atoms with Crippen molar-refractivity contribution >= 4 is 11.9 Å². The van der Waals surface area contributed by atoms with E-state index in [1.54, 1.807) is 0 Å². The first kappa shape index (κ1) is 15.0. The van der Waals surface area contributed by atoms with E-state index in [2.05, 4.69) is 0 Å². The van der Waals surface area contributed by atoms with Gasteiger partial charge in [0.1, 0.15) is 19.8 Å². The van der Waals surface area contributed by atoms with Crippen LogP contribution >= 0.6 is 0 Å². The van der Waals surface area contributed by atoms with Gasteiger partial charge in [-0.15, -0.1) is 0 Å². The van der Waals surface area contributed by atoms with Crippen molar-refractivity contribution in [2.24, 2.45) is 0 Å². The first-order valence-corrected chi connectivity index (χ1v) is 7.20. The summed E-state index contributed by atoms with van der Waals surface area (Å²) >= 11 is 0. The standard InChI is InChI=1S/C16H18O6/c17-13(18)7-21-15-9-16(10-15,11-15)22-8-14(19)20-6-12-4-2-1-3-5-12/h1-5H,6-11H2,(H,17,18). The molecule has 1 aromatic rings. The average molecular weight is 306 g/mol. The van der Waals surface area contributed by atoms with E-state index >= 15 is 0 Å². The lowest BCUT2D eigenvalue weighted by molar-refractivity contribution is -0.332. The summed E-state index contributed by atoms with van der Waals surface area (Å²) in [6.45, 7) is -0.126. The molecule has 1 aromatic carbocycles. The van der Waals surface area contributed by atoms with Crippen LogP contribution in [0.2, 0.25) is 0 Å². The number of carbonyl (C=O) groups is 2. The van der Waals surface area contributed by atoms with Gasteiger partial charge in [0, 0.05) is 19.3 Å². The van der Waals surface area contributed by atoms with Crippen LogP contribution in [0.15, 0.2) is 30.3 Å². The minimum absolute atomic E-state index is 0.0815. The number of hydrogen-bond donors (Lipinski definition) is 1. The molecule has 3 saturated carbocycles. The molecule has 1 N–H and O–H groups in total. The molecule has 0 unspecified atom stereocenters. The molecule has 6 heteroatoms. The van der Waals surface area contributed by atoms with E-state index in [0.717, 1.165) is 5.56 Å². The van der Waals surface area contributed by atoms with Gasteiger partial charge in [-0.2, -0.15) is 0 Å². The SMILES string of the molecule is O=C(O)COC12CC(OCC(=O)OCc3ccccc3)(C1)C2. The number of carboxylic acid groups (broad SMARTS) is 1. The predicted octanol–water partition coefficient (Wildman–Crippen LogP) is 1.52. The van der Waals surface area contributed by atoms with Crippen molar-refractivity contribution in [1.82, 2.24) is 0 Å². The Hall–Kier alpha value is -1.92. The second-order valence-corrected chi connectivity index (χ2v) is 6.01. The summed E-state index contributed by atoms with van der Waals surface area (Å²) in [6, 6.07) is 9.45. The van der Waals surface area contributed by atoms with Crippen LogP contribution in [0.25, 0.3) is 0 Å². The maximum absolute atomic E-state index is 11.7. The summed E-state index contributed by atoms with van der Waals surface area (Å²) in [5, 5.41) is 8.59. The maximum atomic E-state index is 11.7. The van der Waals surface area contributed by atoms with Gasteiger partial charge < -0.3 is 19.3 Å². The van der Waals surface area contributed by atoms with Gasteiger partial charge in [-0.05, 0) is 5.56 Å². The quantitative estimate of drug-likeness (QED) is 0.733. The summed E-state index contributed by atoms with van der Waals surface area (Å²) in [5.41, 5.74) is 0.277. The van der Waals surface area contributed by atoms with Crippen molar-refractivity contribution in [1.29, 1.82) is 0 Å². The third-order valence-corrected chi connectivity index (χ3v) is 4.17. The highest BCUT2D eigenvalue weighted by Gasteiger charge is 2.70. The third-order valence-electron chi connectivity index (χ3n) is 4.17. The van der Waals surface area contributed by atoms with E-state index in [4.69, 9.17) is 19.3 Å². The molecule has 0 amide bonds. The largest absolute Gasteiger partial charge is 0.480 e. The Balaban J connectivity index is 1.33. The number of carboxylic acids is 1. The van der Waals surface area contributed by atoms with Crippen molar-refractivity contribution in [3.8, 4) is 0 Å². The van der Waals surface area contributed by atoms with E-state index < -0.39 is 11.9 Å². The molecule has 0 heterocycles. The monoisotopic (exact) mass is 306 g/mol. The molecule has 22 heavy (non-hydrogen) atoms. The highest BCUT2D eigenvalue weighted by molar-refractivity contribution is 5.71. The number of benzene rings is 1. The van der Waals surface area contributed by atoms with E-state index in [1.807, 2.05) is 30.3 Å². The minimum Gasteiger partial charge on any atom is -0.480 e. The fraction of sp³-hybridized carbons (Fsp3) is 0.500. The smallest absolute Gasteiger partial charge is 0.332 e. The van der Waals surface area contributed by atoms with Gasteiger partial charge in [0.05, 0.1) is 11.2 Å². The number of ether oxygens (including phenoxy) is 3. The zero-order valence-electron chi connectivity index (χ0n) is 12.1. The van der Waals surface area contributed by atoms with Crippen LogP contribution in [0, 0.1) is 0 Å². The van der Waals surface area contributed by atoms with Crippen LogP contribution in [0.3, 0.4) is 0 Å². The molecule has 0 aromatic heterocycles. The molecule has 0 radical (unpaired) electrons. The number of hydrogen-bond acceptors (Lipinski definition) is 5. The molecule has 2 bridgehead atoms. The maximum Gasteiger partial charge on any atom is 0.332 e. The van der Waals surface area contributed by atoms with Crippen LogP contribution in [0.1, 0.15) is 24.8 Å². The second-order valence-electron chi connectivity index (χ2n) is 6.01. The highest BCUT2D eigenvalue weighted by atomic mass is 16.6. The Labute approximate surface area is 128 Å². The zero-order chi connectivity index (χ0) is 15.6. The molecule has 3 aliphatic rings. The summed E-state index contributed by atoms with van der Waals surface area (Å²) in [6.07, 6.45) is 1.96. The number of carbonyl (C=O) groups excluding carboxylic acids is 1. The van der Waals surface area contributed by atoms with Crippen LogP contribution in [-0.2, 0) is 30.4 Å². The number of rotatable bonds is 8. The van der Waals surface area contributed by atoms with Gasteiger partial charge >= 0.3 is 11.9 Å². The van der Waals surface area contributed by atoms with Crippen molar-refractivity contribution in [3.63, 3.8) is 0 Å². The third kappa shape index (κ3) is 3.13. The molecule has 3 aliphatic carbocycles. The summed E-state index contributed by atoms with van der Waals surface area (Å²) in [7, 11) is 0. The van der Waals surface area contributed by atoms with Crippen LogP contribution in [0.4, 0.5) is 0 Å². The Bertz CT molecular complexity index is 547. The normalized spacial score (nSPS) is 28.4. The van der Waals surface area contributed by atoms with Crippen LogP contribution < -0.4 is 0 Å². The molecule has 0 spiro atoms. The lowest BCUT2D eigenvalue weighted by atomic mass is 9.48. The van der Waals surface area contributed by atoms with Crippen LogP contribution in [-0.4, -0.2) is 41.5 Å². The number of aliphatic carboxylic acids is 1. The van der Waals surface area contributed by atoms with Crippen molar-refractivity contribution in [2.75, 3.05) is 13.2 Å². The van der Waals surface area contributed by atoms with Gasteiger partial charge in [0.2, 0.25) is 0 Å². The van der Waals surface area contributed by atoms with Crippen LogP contribution in [0.5, 0.6) is 0 Å². The van der Waals surface area contributed by atoms with Gasteiger partial charge in [-0.3, -0.25) is 0 Å². The van der Waals surface area contributed by atoms with Gasteiger partial charge in [0.15, 0.2) is 0 Å². The minimum atomic E-state index is -0.968. The molecule has 0 aliphatic heterocycles. The first-order valence-electron chi connectivity index (χ1n) is 7.20. The summed E-state index contributed by atoms with van der Waals surface area (Å²) in [4.78, 5) is 22.1. The van der Waals surface area contributed by atoms with Gasteiger partial charge in [-0.1, -0.05) is 30.3 Å². The molecule has 3 fully saturated rings. The van der Waals surface area contributed by atoms with Gasteiger partial charge in [0.25, 0.3) is 0 Å². The lowest BCUT2D eigenvalue weighted by Gasteiger charge is -2.68. The van der Waals surface area contributed by atoms with E-state index in [1.165, 1.54) is 0 Å². The molecular formula is C16H18O6. The number of esters is 1. The van der Waals surface area contributed by atoms with E-state index in [9.17, 15) is 9.59 Å². The second kappa shape index (κ2) is 5.70.